The summed E-state index contributed by atoms with van der Waals surface area (Å²) in [5.41, 5.74) is 0. The third kappa shape index (κ3) is 4.83. The van der Waals surface area contributed by atoms with Crippen LogP contribution in [0.5, 0.6) is 0 Å². The Morgan fingerprint density at radius 3 is 2.65 bits per heavy atom. The molecule has 2 saturated heterocycles. The molecule has 1 aliphatic carbocycles. The minimum absolute atomic E-state index is 0. The number of nitrogens with one attached hydrogen (secondary N) is 2. The summed E-state index contributed by atoms with van der Waals surface area (Å²) in [6, 6.07) is -0.00351. The Balaban J connectivity index is 0.00000192. The number of piperidine rings is 1. The van der Waals surface area contributed by atoms with Crippen LogP contribution in [0.25, 0.3) is 0 Å². The molecular formula is C17H30ClN3O2. The van der Waals surface area contributed by atoms with Gasteiger partial charge in [0.05, 0.1) is 6.04 Å². The highest BCUT2D eigenvalue weighted by Gasteiger charge is 2.36. The maximum atomic E-state index is 12.5. The van der Waals surface area contributed by atoms with E-state index in [-0.39, 0.29) is 30.3 Å². The standard InChI is InChI=1S/C17H29N3O2.ClH/c1-12(14-6-7-14)17(22)20-9-3-4-13(11-20)10-19-16(21)15-5-2-8-18-15;/h12-15,18H,2-11H2,1H3,(H,19,21);1H. The molecule has 6 heteroatoms. The monoisotopic (exact) mass is 343 g/mol. The van der Waals surface area contributed by atoms with Gasteiger partial charge in [-0.2, -0.15) is 0 Å². The van der Waals surface area contributed by atoms with E-state index in [0.29, 0.717) is 24.3 Å². The van der Waals surface area contributed by atoms with Crippen molar-refractivity contribution in [2.24, 2.45) is 17.8 Å². The van der Waals surface area contributed by atoms with Gasteiger partial charge in [-0.1, -0.05) is 6.92 Å². The zero-order valence-electron chi connectivity index (χ0n) is 14.1. The molecule has 0 radical (unpaired) electrons. The molecule has 3 unspecified atom stereocenters. The normalized spacial score (nSPS) is 28.8. The van der Waals surface area contributed by atoms with E-state index in [4.69, 9.17) is 0 Å². The lowest BCUT2D eigenvalue weighted by molar-refractivity contribution is -0.137. The first-order valence-corrected chi connectivity index (χ1v) is 8.95. The van der Waals surface area contributed by atoms with E-state index < -0.39 is 0 Å². The van der Waals surface area contributed by atoms with E-state index in [1.807, 2.05) is 4.90 Å². The van der Waals surface area contributed by atoms with Crippen LogP contribution in [0.15, 0.2) is 0 Å². The first-order chi connectivity index (χ1) is 10.6. The lowest BCUT2D eigenvalue weighted by Gasteiger charge is -2.34. The van der Waals surface area contributed by atoms with Gasteiger partial charge < -0.3 is 15.5 Å². The van der Waals surface area contributed by atoms with Crippen LogP contribution in [-0.2, 0) is 9.59 Å². The van der Waals surface area contributed by atoms with Crippen LogP contribution in [0, 0.1) is 17.8 Å². The highest BCUT2D eigenvalue weighted by atomic mass is 35.5. The summed E-state index contributed by atoms with van der Waals surface area (Å²) in [7, 11) is 0. The lowest BCUT2D eigenvalue weighted by atomic mass is 9.95. The van der Waals surface area contributed by atoms with Crippen LogP contribution in [0.3, 0.4) is 0 Å². The predicted molar refractivity (Wildman–Crippen MR) is 92.5 cm³/mol. The third-order valence-corrected chi connectivity index (χ3v) is 5.49. The van der Waals surface area contributed by atoms with Gasteiger partial charge in [0.2, 0.25) is 11.8 Å². The van der Waals surface area contributed by atoms with Crippen LogP contribution in [0.4, 0.5) is 0 Å². The average molecular weight is 344 g/mol. The van der Waals surface area contributed by atoms with Crippen LogP contribution in [0.2, 0.25) is 0 Å². The van der Waals surface area contributed by atoms with E-state index >= 15 is 0 Å². The van der Waals surface area contributed by atoms with E-state index in [1.54, 1.807) is 0 Å². The van der Waals surface area contributed by atoms with Crippen molar-refractivity contribution < 1.29 is 9.59 Å². The highest BCUT2D eigenvalue weighted by molar-refractivity contribution is 5.85. The molecule has 0 spiro atoms. The molecule has 0 bridgehead atoms. The zero-order chi connectivity index (χ0) is 15.5. The number of halogens is 1. The van der Waals surface area contributed by atoms with Crippen LogP contribution >= 0.6 is 12.4 Å². The fraction of sp³-hybridized carbons (Fsp3) is 0.882. The Labute approximate surface area is 145 Å². The van der Waals surface area contributed by atoms with Gasteiger partial charge in [-0.15, -0.1) is 12.4 Å². The summed E-state index contributed by atoms with van der Waals surface area (Å²) in [6.45, 7) is 5.44. The van der Waals surface area contributed by atoms with Crippen molar-refractivity contribution in [1.29, 1.82) is 0 Å². The summed E-state index contributed by atoms with van der Waals surface area (Å²) in [6.07, 6.45) is 6.64. The number of rotatable bonds is 5. The Kier molecular flexibility index (Phi) is 6.72. The van der Waals surface area contributed by atoms with Crippen molar-refractivity contribution in [2.75, 3.05) is 26.2 Å². The molecule has 3 atom stereocenters. The Bertz CT molecular complexity index is 422. The quantitative estimate of drug-likeness (QED) is 0.796. The molecule has 3 aliphatic rings. The number of hydrogen-bond donors (Lipinski definition) is 2. The lowest BCUT2D eigenvalue weighted by Crippen LogP contribution is -2.47. The molecule has 0 aromatic heterocycles. The number of carbonyl (C=O) groups is 2. The number of likely N-dealkylation sites (tertiary alicyclic amines) is 1. The van der Waals surface area contributed by atoms with Crippen LogP contribution in [-0.4, -0.2) is 48.9 Å². The van der Waals surface area contributed by atoms with Crippen LogP contribution in [0.1, 0.15) is 45.4 Å². The fourth-order valence-electron chi connectivity index (χ4n) is 3.79. The number of carbonyl (C=O) groups excluding carboxylic acids is 2. The van der Waals surface area contributed by atoms with Crippen molar-refractivity contribution >= 4 is 24.2 Å². The Morgan fingerprint density at radius 1 is 1.22 bits per heavy atom. The average Bonchev–Trinajstić information content (AvgIpc) is 3.25. The minimum atomic E-state index is -0.00351. The molecule has 2 N–H and O–H groups in total. The van der Waals surface area contributed by atoms with Gasteiger partial charge in [0, 0.05) is 25.6 Å². The van der Waals surface area contributed by atoms with Crippen molar-refractivity contribution in [2.45, 2.75) is 51.5 Å². The molecule has 5 nitrogen and oxygen atoms in total. The van der Waals surface area contributed by atoms with Gasteiger partial charge in [-0.3, -0.25) is 9.59 Å². The molecule has 0 aromatic rings. The molecule has 1 saturated carbocycles. The highest BCUT2D eigenvalue weighted by Crippen LogP contribution is 2.37. The smallest absolute Gasteiger partial charge is 0.237 e. The van der Waals surface area contributed by atoms with Gasteiger partial charge in [0.25, 0.3) is 0 Å². The molecule has 132 valence electrons. The first-order valence-electron chi connectivity index (χ1n) is 8.95. The van der Waals surface area contributed by atoms with E-state index in [0.717, 1.165) is 45.3 Å². The molecular weight excluding hydrogens is 314 g/mol. The number of hydrogen-bond acceptors (Lipinski definition) is 3. The Hall–Kier alpha value is -0.810. The second kappa shape index (κ2) is 8.34. The van der Waals surface area contributed by atoms with Gasteiger partial charge in [-0.05, 0) is 56.9 Å². The second-order valence-electron chi connectivity index (χ2n) is 7.31. The Morgan fingerprint density at radius 2 is 2.00 bits per heavy atom. The molecule has 3 fully saturated rings. The van der Waals surface area contributed by atoms with Crippen molar-refractivity contribution in [1.82, 2.24) is 15.5 Å². The molecule has 3 rings (SSSR count). The van der Waals surface area contributed by atoms with Gasteiger partial charge in [0.1, 0.15) is 0 Å². The minimum Gasteiger partial charge on any atom is -0.354 e. The number of amides is 2. The third-order valence-electron chi connectivity index (χ3n) is 5.49. The summed E-state index contributed by atoms with van der Waals surface area (Å²) < 4.78 is 0. The van der Waals surface area contributed by atoms with Crippen molar-refractivity contribution in [3.05, 3.63) is 0 Å². The van der Waals surface area contributed by atoms with Crippen molar-refractivity contribution in [3.8, 4) is 0 Å². The fourth-order valence-corrected chi connectivity index (χ4v) is 3.79. The summed E-state index contributed by atoms with van der Waals surface area (Å²) >= 11 is 0. The van der Waals surface area contributed by atoms with Crippen LogP contribution < -0.4 is 10.6 Å². The van der Waals surface area contributed by atoms with E-state index in [1.165, 1.54) is 12.8 Å². The molecule has 2 aliphatic heterocycles. The SMILES string of the molecule is CC(C(=O)N1CCCC(CNC(=O)C2CCCN2)C1)C1CC1.Cl. The first kappa shape index (κ1) is 18.5. The maximum Gasteiger partial charge on any atom is 0.237 e. The topological polar surface area (TPSA) is 61.4 Å². The number of nitrogens with zero attached hydrogens (tertiary/aromatic N) is 1. The van der Waals surface area contributed by atoms with Gasteiger partial charge in [0.15, 0.2) is 0 Å². The molecule has 2 heterocycles. The van der Waals surface area contributed by atoms with Crippen molar-refractivity contribution in [3.63, 3.8) is 0 Å². The summed E-state index contributed by atoms with van der Waals surface area (Å²) in [5, 5.41) is 6.31. The summed E-state index contributed by atoms with van der Waals surface area (Å²) in [5.74, 6) is 1.69. The largest absolute Gasteiger partial charge is 0.354 e. The predicted octanol–water partition coefficient (Wildman–Crippen LogP) is 1.56. The van der Waals surface area contributed by atoms with E-state index in [2.05, 4.69) is 17.6 Å². The summed E-state index contributed by atoms with van der Waals surface area (Å²) in [4.78, 5) is 26.6. The molecule has 0 aromatic carbocycles. The molecule has 23 heavy (non-hydrogen) atoms. The molecule has 2 amide bonds. The van der Waals surface area contributed by atoms with Gasteiger partial charge in [-0.25, -0.2) is 0 Å². The second-order valence-corrected chi connectivity index (χ2v) is 7.31. The van der Waals surface area contributed by atoms with E-state index in [9.17, 15) is 9.59 Å². The zero-order valence-corrected chi connectivity index (χ0v) is 14.9. The van der Waals surface area contributed by atoms with Gasteiger partial charge >= 0.3 is 0 Å². The maximum absolute atomic E-state index is 12.5.